The first kappa shape index (κ1) is 16.9. The van der Waals surface area contributed by atoms with Crippen LogP contribution < -0.4 is 0 Å². The first-order valence-corrected chi connectivity index (χ1v) is 8.68. The molecule has 0 unspecified atom stereocenters. The van der Waals surface area contributed by atoms with Gasteiger partial charge in [-0.25, -0.2) is 0 Å². The highest BCUT2D eigenvalue weighted by atomic mass is 32.1. The molecule has 22 heavy (non-hydrogen) atoms. The summed E-state index contributed by atoms with van der Waals surface area (Å²) in [4.78, 5) is 5.73. The maximum atomic E-state index is 4.83. The molecule has 0 spiro atoms. The van der Waals surface area contributed by atoms with E-state index >= 15 is 0 Å². The summed E-state index contributed by atoms with van der Waals surface area (Å²) in [6, 6.07) is 6.39. The summed E-state index contributed by atoms with van der Waals surface area (Å²) in [6.07, 6.45) is 1.95. The highest BCUT2D eigenvalue weighted by molar-refractivity contribution is 7.11. The van der Waals surface area contributed by atoms with Crippen molar-refractivity contribution in [3.63, 3.8) is 0 Å². The average Bonchev–Trinajstić information content (AvgIpc) is 3.02. The molecule has 0 aliphatic heterocycles. The van der Waals surface area contributed by atoms with Crippen LogP contribution in [0.15, 0.2) is 28.6 Å². The molecule has 2 rings (SSSR count). The van der Waals surface area contributed by atoms with Crippen LogP contribution in [0, 0.1) is 0 Å². The summed E-state index contributed by atoms with van der Waals surface area (Å²) in [5.41, 5.74) is 2.60. The molecule has 0 aliphatic carbocycles. The van der Waals surface area contributed by atoms with Gasteiger partial charge in [0.05, 0.1) is 18.8 Å². The van der Waals surface area contributed by atoms with Crippen molar-refractivity contribution in [1.29, 1.82) is 0 Å². The normalized spacial score (nSPS) is 13.2. The van der Waals surface area contributed by atoms with Crippen molar-refractivity contribution in [2.24, 2.45) is 4.99 Å². The third-order valence-electron chi connectivity index (χ3n) is 3.52. The van der Waals surface area contributed by atoms with E-state index < -0.39 is 0 Å². The third-order valence-corrected chi connectivity index (χ3v) is 4.33. The molecule has 4 heteroatoms. The van der Waals surface area contributed by atoms with Gasteiger partial charge < -0.3 is 0 Å². The maximum absolute atomic E-state index is 4.83. The Balaban J connectivity index is 2.13. The maximum Gasteiger partial charge on any atom is 0.0681 e. The molecule has 0 saturated carbocycles. The van der Waals surface area contributed by atoms with Crippen LogP contribution in [0.1, 0.15) is 57.8 Å². The van der Waals surface area contributed by atoms with E-state index in [4.69, 9.17) is 5.10 Å². The number of aliphatic imine (C=N–C) groups is 1. The standard InChI is InChI=1S/C18H27N3S/c1-17(2,3)15-12-16(18(4,5)6)21(20-15)10-9-19-13-14-8-7-11-22-14/h7-8,11-13H,9-10H2,1-6H3. The van der Waals surface area contributed by atoms with Crippen LogP contribution in [0.4, 0.5) is 0 Å². The molecule has 0 bridgehead atoms. The van der Waals surface area contributed by atoms with Gasteiger partial charge in [-0.15, -0.1) is 11.3 Å². The molecule has 0 saturated heterocycles. The number of thiophene rings is 1. The fourth-order valence-electron chi connectivity index (χ4n) is 2.23. The van der Waals surface area contributed by atoms with Gasteiger partial charge in [-0.2, -0.15) is 5.10 Å². The van der Waals surface area contributed by atoms with Crippen molar-refractivity contribution in [2.75, 3.05) is 6.54 Å². The van der Waals surface area contributed by atoms with Crippen LogP contribution in [-0.2, 0) is 17.4 Å². The van der Waals surface area contributed by atoms with Crippen molar-refractivity contribution < 1.29 is 0 Å². The third kappa shape index (κ3) is 4.29. The fourth-order valence-corrected chi connectivity index (χ4v) is 2.84. The quantitative estimate of drug-likeness (QED) is 0.754. The summed E-state index contributed by atoms with van der Waals surface area (Å²) in [6.45, 7) is 14.9. The highest BCUT2D eigenvalue weighted by Gasteiger charge is 2.25. The Bertz CT molecular complexity index is 622. The second-order valence-corrected chi connectivity index (χ2v) is 8.67. The number of nitrogens with zero attached hydrogens (tertiary/aromatic N) is 3. The van der Waals surface area contributed by atoms with E-state index in [2.05, 4.69) is 68.7 Å². The van der Waals surface area contributed by atoms with E-state index in [1.54, 1.807) is 11.3 Å². The van der Waals surface area contributed by atoms with Crippen molar-refractivity contribution in [1.82, 2.24) is 9.78 Å². The van der Waals surface area contributed by atoms with Gasteiger partial charge >= 0.3 is 0 Å². The van der Waals surface area contributed by atoms with Gasteiger partial charge in [0.2, 0.25) is 0 Å². The minimum atomic E-state index is 0.0749. The molecule has 0 fully saturated rings. The van der Waals surface area contributed by atoms with Gasteiger partial charge in [0.25, 0.3) is 0 Å². The van der Waals surface area contributed by atoms with Crippen LogP contribution >= 0.6 is 11.3 Å². The van der Waals surface area contributed by atoms with Crippen molar-refractivity contribution in [3.05, 3.63) is 39.8 Å². The zero-order valence-corrected chi connectivity index (χ0v) is 15.4. The van der Waals surface area contributed by atoms with E-state index in [0.717, 1.165) is 18.8 Å². The molecule has 0 amide bonds. The van der Waals surface area contributed by atoms with Crippen LogP contribution in [0.5, 0.6) is 0 Å². The summed E-state index contributed by atoms with van der Waals surface area (Å²) in [5, 5.41) is 6.90. The van der Waals surface area contributed by atoms with E-state index in [1.165, 1.54) is 10.6 Å². The number of aromatic nitrogens is 2. The minimum Gasteiger partial charge on any atom is -0.290 e. The fraction of sp³-hybridized carbons (Fsp3) is 0.556. The van der Waals surface area contributed by atoms with Crippen LogP contribution in [0.3, 0.4) is 0 Å². The molecule has 2 heterocycles. The Morgan fingerprint density at radius 1 is 1.18 bits per heavy atom. The molecule has 0 N–H and O–H groups in total. The summed E-state index contributed by atoms with van der Waals surface area (Å²) in [5.74, 6) is 0. The van der Waals surface area contributed by atoms with Crippen molar-refractivity contribution in [3.8, 4) is 0 Å². The predicted molar refractivity (Wildman–Crippen MR) is 96.4 cm³/mol. The van der Waals surface area contributed by atoms with Crippen LogP contribution in [-0.4, -0.2) is 22.5 Å². The smallest absolute Gasteiger partial charge is 0.0681 e. The SMILES string of the molecule is CC(C)(C)c1cc(C(C)(C)C)n(CCN=Cc2cccs2)n1. The molecule has 0 radical (unpaired) electrons. The molecular formula is C18H27N3S. The molecule has 0 atom stereocenters. The van der Waals surface area contributed by atoms with Gasteiger partial charge in [0.1, 0.15) is 0 Å². The summed E-state index contributed by atoms with van der Waals surface area (Å²) in [7, 11) is 0. The van der Waals surface area contributed by atoms with E-state index in [-0.39, 0.29) is 10.8 Å². The Kier molecular flexibility index (Phi) is 4.90. The average molecular weight is 318 g/mol. The highest BCUT2D eigenvalue weighted by Crippen LogP contribution is 2.28. The molecule has 2 aromatic rings. The Hall–Kier alpha value is -1.42. The van der Waals surface area contributed by atoms with Gasteiger partial charge in [0, 0.05) is 27.6 Å². The lowest BCUT2D eigenvalue weighted by molar-refractivity contribution is 0.480. The second-order valence-electron chi connectivity index (χ2n) is 7.69. The molecular weight excluding hydrogens is 290 g/mol. The molecule has 0 aromatic carbocycles. The number of rotatable bonds is 4. The van der Waals surface area contributed by atoms with Crippen molar-refractivity contribution >= 4 is 17.6 Å². The monoisotopic (exact) mass is 317 g/mol. The Morgan fingerprint density at radius 3 is 2.45 bits per heavy atom. The lowest BCUT2D eigenvalue weighted by Crippen LogP contribution is -2.19. The lowest BCUT2D eigenvalue weighted by Gasteiger charge is -2.19. The Labute approximate surface area is 138 Å². The zero-order valence-electron chi connectivity index (χ0n) is 14.6. The number of hydrogen-bond donors (Lipinski definition) is 0. The summed E-state index contributed by atoms with van der Waals surface area (Å²) < 4.78 is 2.13. The van der Waals surface area contributed by atoms with E-state index in [9.17, 15) is 0 Å². The van der Waals surface area contributed by atoms with Crippen LogP contribution in [0.25, 0.3) is 0 Å². The van der Waals surface area contributed by atoms with Crippen molar-refractivity contribution in [2.45, 2.75) is 58.9 Å². The molecule has 3 nitrogen and oxygen atoms in total. The van der Waals surface area contributed by atoms with Gasteiger partial charge in [-0.1, -0.05) is 47.6 Å². The molecule has 0 aliphatic rings. The van der Waals surface area contributed by atoms with E-state index in [1.807, 2.05) is 12.3 Å². The molecule has 120 valence electrons. The largest absolute Gasteiger partial charge is 0.290 e. The zero-order chi connectivity index (χ0) is 16.4. The Morgan fingerprint density at radius 2 is 1.91 bits per heavy atom. The molecule has 2 aromatic heterocycles. The first-order chi connectivity index (χ1) is 10.2. The summed E-state index contributed by atoms with van der Waals surface area (Å²) >= 11 is 1.71. The van der Waals surface area contributed by atoms with Crippen LogP contribution in [0.2, 0.25) is 0 Å². The van der Waals surface area contributed by atoms with E-state index in [0.29, 0.717) is 0 Å². The second kappa shape index (κ2) is 6.37. The van der Waals surface area contributed by atoms with Gasteiger partial charge in [0.15, 0.2) is 0 Å². The van der Waals surface area contributed by atoms with Gasteiger partial charge in [-0.3, -0.25) is 9.67 Å². The lowest BCUT2D eigenvalue weighted by atomic mass is 9.88. The number of hydrogen-bond acceptors (Lipinski definition) is 3. The first-order valence-electron chi connectivity index (χ1n) is 7.80. The predicted octanol–water partition coefficient (Wildman–Crippen LogP) is 4.66. The van der Waals surface area contributed by atoms with Gasteiger partial charge in [-0.05, 0) is 17.5 Å². The minimum absolute atomic E-state index is 0.0749. The topological polar surface area (TPSA) is 30.2 Å².